The number of nitrogens with zero attached hydrogens (tertiary/aromatic N) is 1. The van der Waals surface area contributed by atoms with Crippen molar-refractivity contribution in [3.05, 3.63) is 80.4 Å². The fraction of sp³-hybridized carbons (Fsp3) is 0.607. The Labute approximate surface area is 431 Å². The topological polar surface area (TPSA) is 174 Å². The number of amides is 1. The minimum absolute atomic E-state index is 0.00269. The first-order chi connectivity index (χ1) is 33.3. The molecule has 72 heavy (non-hydrogen) atoms. The van der Waals surface area contributed by atoms with Crippen molar-refractivity contribution < 1.29 is 51.0 Å². The van der Waals surface area contributed by atoms with Crippen molar-refractivity contribution in [2.24, 2.45) is 10.9 Å². The average molecular weight is 1120 g/mol. The third-order valence-corrected chi connectivity index (χ3v) is 27.0. The van der Waals surface area contributed by atoms with Crippen LogP contribution in [0.15, 0.2) is 41.4 Å². The van der Waals surface area contributed by atoms with Gasteiger partial charge in [0, 0.05) is 20.1 Å². The van der Waals surface area contributed by atoms with E-state index in [1.165, 1.54) is 7.05 Å². The fourth-order valence-electron chi connectivity index (χ4n) is 10.2. The second-order valence-corrected chi connectivity index (χ2v) is 31.2. The van der Waals surface area contributed by atoms with E-state index in [0.29, 0.717) is 74.9 Å². The summed E-state index contributed by atoms with van der Waals surface area (Å²) >= 11 is -10.2. The Bertz CT molecular complexity index is 2910. The molecular weight excluding hydrogens is 1040 g/mol. The van der Waals surface area contributed by atoms with Gasteiger partial charge in [0.05, 0.1) is 13.0 Å². The van der Waals surface area contributed by atoms with Crippen molar-refractivity contribution in [1.82, 2.24) is 5.32 Å². The first kappa shape index (κ1) is 54.5. The number of benzene rings is 3. The van der Waals surface area contributed by atoms with Crippen molar-refractivity contribution in [2.75, 3.05) is 20.3 Å². The summed E-state index contributed by atoms with van der Waals surface area (Å²) in [6, 6.07) is 11.7. The van der Waals surface area contributed by atoms with Crippen molar-refractivity contribution in [3.63, 3.8) is 0 Å². The van der Waals surface area contributed by atoms with Gasteiger partial charge in [0.15, 0.2) is 0 Å². The number of hydrogen-bond donors (Lipinski definition) is 1. The molecule has 3 atom stereocenters. The van der Waals surface area contributed by atoms with Crippen LogP contribution in [0.1, 0.15) is 181 Å². The van der Waals surface area contributed by atoms with Crippen LogP contribution in [0.3, 0.4) is 0 Å². The van der Waals surface area contributed by atoms with E-state index < -0.39 is 68.2 Å². The Kier molecular flexibility index (Phi) is 14.2. The van der Waals surface area contributed by atoms with Gasteiger partial charge in [0.25, 0.3) is 0 Å². The third-order valence-electron chi connectivity index (χ3n) is 17.0. The number of esters is 1. The molecule has 4 heterocycles. The van der Waals surface area contributed by atoms with Crippen LogP contribution in [-0.2, 0) is 58.7 Å². The standard InChI is InChI=1S/C56H76As2N2O12/c1-17-36(67-44(63)26-25-43(62)59-16)31-66-27-19-18-20-42(61)34-21-23-35(24-22-34)45-38-29-40-37(28-32(2)51(40,4)5)46(57(64)69-53(8,9)54(10,11)70-57)49(38)68-50-39(45)30-41-48(60-33(3)52(41,6)7)47(50)58(65)71-55(12,13)56(14,15)72-58/h21-24,29-30,32-33,36H,17-20,25-28,31H2,1-16H3,(H,59,62). The van der Waals surface area contributed by atoms with Gasteiger partial charge in [-0.1, -0.05) is 6.92 Å². The van der Waals surface area contributed by atoms with E-state index in [9.17, 15) is 14.4 Å². The summed E-state index contributed by atoms with van der Waals surface area (Å²) in [4.78, 5) is 42.8. The summed E-state index contributed by atoms with van der Waals surface area (Å²) in [5.74, 6) is 0.0852. The first-order valence-electron chi connectivity index (χ1n) is 25.7. The molecule has 0 aromatic heterocycles. The second-order valence-electron chi connectivity index (χ2n) is 23.6. The maximum atomic E-state index is 16.0. The molecule has 392 valence electrons. The van der Waals surface area contributed by atoms with Crippen LogP contribution >= 0.6 is 0 Å². The van der Waals surface area contributed by atoms with E-state index in [4.69, 9.17) is 34.1 Å². The number of fused-ring (bicyclic) bond motifs is 4. The van der Waals surface area contributed by atoms with Crippen LogP contribution < -0.4 is 29.3 Å². The molecule has 1 amide bonds. The van der Waals surface area contributed by atoms with Crippen LogP contribution in [0.2, 0.25) is 0 Å². The largest absolute Gasteiger partial charge is 0.460 e. The molecule has 8 rings (SSSR count). The van der Waals surface area contributed by atoms with E-state index in [-0.39, 0.29) is 54.3 Å². The van der Waals surface area contributed by atoms with Crippen molar-refractivity contribution in [3.8, 4) is 11.5 Å². The fourth-order valence-corrected chi connectivity index (χ4v) is 21.8. The van der Waals surface area contributed by atoms with Gasteiger partial charge in [0.1, 0.15) is 6.10 Å². The zero-order valence-electron chi connectivity index (χ0n) is 45.3. The molecule has 0 spiro atoms. The number of rotatable bonds is 16. The van der Waals surface area contributed by atoms with E-state index in [1.807, 2.05) is 86.6 Å². The molecule has 0 bridgehead atoms. The van der Waals surface area contributed by atoms with Gasteiger partial charge in [-0.2, -0.15) is 0 Å². The number of unbranched alkanes of at least 4 members (excludes halogenated alkanes) is 1. The molecule has 4 aliphatic heterocycles. The minimum atomic E-state index is -5.14. The zero-order chi connectivity index (χ0) is 52.9. The Hall–Kier alpha value is -3.74. The van der Waals surface area contributed by atoms with Crippen LogP contribution in [-0.4, -0.2) is 101 Å². The summed E-state index contributed by atoms with van der Waals surface area (Å²) in [7, 11) is 1.52. The van der Waals surface area contributed by atoms with E-state index in [1.54, 1.807) is 0 Å². The number of Topliss-reactive ketones (excluding diaryl/α,β-unsaturated/α-hetero) is 1. The van der Waals surface area contributed by atoms with Crippen LogP contribution in [0.4, 0.5) is 0 Å². The molecule has 3 aromatic carbocycles. The molecule has 1 N–H and O–H groups in total. The van der Waals surface area contributed by atoms with Gasteiger partial charge in [0.2, 0.25) is 5.91 Å². The minimum Gasteiger partial charge on any atom is -0.460 e. The van der Waals surface area contributed by atoms with Crippen molar-refractivity contribution >= 4 is 60.3 Å². The van der Waals surface area contributed by atoms with Gasteiger partial charge in [-0.3, -0.25) is 9.59 Å². The van der Waals surface area contributed by atoms with E-state index >= 15 is 7.48 Å². The molecule has 1 aliphatic carbocycles. The van der Waals surface area contributed by atoms with Gasteiger partial charge in [-0.05, 0) is 6.42 Å². The van der Waals surface area contributed by atoms with Crippen LogP contribution in [0, 0.1) is 5.92 Å². The van der Waals surface area contributed by atoms with Crippen molar-refractivity contribution in [2.45, 2.75) is 194 Å². The average Bonchev–Trinajstić information content (AvgIpc) is 3.80. The third kappa shape index (κ3) is 9.29. The van der Waals surface area contributed by atoms with Gasteiger partial charge >= 0.3 is 351 Å². The summed E-state index contributed by atoms with van der Waals surface area (Å²) < 4.78 is 78.2. The monoisotopic (exact) mass is 1120 g/mol. The Morgan fingerprint density at radius 1 is 0.750 bits per heavy atom. The molecule has 16 heteroatoms. The van der Waals surface area contributed by atoms with Gasteiger partial charge < -0.3 is 14.8 Å². The Balaban J connectivity index is 1.22. The molecule has 2 saturated heterocycles. The number of carbonyl (C=O) groups is 3. The van der Waals surface area contributed by atoms with Gasteiger partial charge in [-0.15, -0.1) is 0 Å². The first-order valence-corrected chi connectivity index (χ1v) is 32.2. The van der Waals surface area contributed by atoms with Gasteiger partial charge in [-0.25, -0.2) is 0 Å². The number of ketones is 1. The molecule has 3 aromatic rings. The summed E-state index contributed by atoms with van der Waals surface area (Å²) in [6.07, 6.45) is 2.36. The molecule has 2 fully saturated rings. The van der Waals surface area contributed by atoms with Crippen LogP contribution in [0.5, 0.6) is 11.5 Å². The predicted molar refractivity (Wildman–Crippen MR) is 275 cm³/mol. The summed E-state index contributed by atoms with van der Waals surface area (Å²) in [5.41, 5.74) is 1.03. The molecular formula is C56H76As2N2O12. The number of ether oxygens (including phenoxy) is 3. The summed E-state index contributed by atoms with van der Waals surface area (Å²) in [6.45, 7) is 30.7. The molecule has 14 nitrogen and oxygen atoms in total. The second kappa shape index (κ2) is 18.8. The van der Waals surface area contributed by atoms with Crippen molar-refractivity contribution in [1.29, 1.82) is 0 Å². The summed E-state index contributed by atoms with van der Waals surface area (Å²) in [5, 5.41) is 3.70. The Morgan fingerprint density at radius 3 is 1.90 bits per heavy atom. The molecule has 3 unspecified atom stereocenters. The van der Waals surface area contributed by atoms with E-state index in [0.717, 1.165) is 27.8 Å². The smallest absolute Gasteiger partial charge is 0.306 e. The maximum absolute atomic E-state index is 16.0. The predicted octanol–water partition coefficient (Wildman–Crippen LogP) is 7.39. The zero-order valence-corrected chi connectivity index (χ0v) is 49.1. The van der Waals surface area contributed by atoms with Crippen LogP contribution in [0.25, 0.3) is 5.57 Å². The number of nitrogens with one attached hydrogen (secondary N) is 1. The maximum Gasteiger partial charge on any atom is 0.306 e. The number of hydrogen-bond acceptors (Lipinski definition) is 13. The van der Waals surface area contributed by atoms with E-state index in [2.05, 4.69) is 59.0 Å². The molecule has 0 radical (unpaired) electrons. The Morgan fingerprint density at radius 2 is 1.33 bits per heavy atom. The quantitative estimate of drug-likeness (QED) is 0.0511. The number of carbonyl (C=O) groups excluding carboxylic acids is 3. The SMILES string of the molecule is CCC(COCCCCC(=O)c1ccc(C2=c3cc4c(c([As]5(=O)OC(C)(C)C(C)(C)O5)c3Oc3c2cc2c(c3[As]3(=O)OC(C)(C)C(C)(C)O3)CC(C)C2(C)C)=NC(C)C4(C)C)cc1)OC(=O)CCC(=O)NC. The normalized spacial score (nSPS) is 24.0. The molecule has 5 aliphatic rings. The molecule has 0 saturated carbocycles.